The molecule has 3 unspecified atom stereocenters. The molecule has 2 amide bonds. The standard InChI is InChI=1S/C34H42N4O6/c1-7-20(2)31(34(41)36-17-15-23-10-8-9-16-35-23)38-27-14-12-24-25(19-28(27)40)26(37-21(3)39)13-11-22-18-29(42-4)32(43-5)33(44-6)30(22)24/h8-10,12,14,16,18-20,26,31H,7,11,13,15,17H2,1-6H3,(H,36,41)(H,37,39)(H,38,40). The molecule has 1 aliphatic carbocycles. The lowest BCUT2D eigenvalue weighted by atomic mass is 9.95. The molecule has 0 spiro atoms. The number of methoxy groups -OCH3 is 3. The molecule has 4 rings (SSSR count). The highest BCUT2D eigenvalue weighted by atomic mass is 16.5. The van der Waals surface area contributed by atoms with Crippen molar-refractivity contribution in [2.24, 2.45) is 5.92 Å². The van der Waals surface area contributed by atoms with E-state index in [1.807, 2.05) is 44.2 Å². The van der Waals surface area contributed by atoms with Gasteiger partial charge in [0.15, 0.2) is 11.5 Å². The van der Waals surface area contributed by atoms with Gasteiger partial charge in [-0.2, -0.15) is 0 Å². The second-order valence-corrected chi connectivity index (χ2v) is 11.0. The fourth-order valence-corrected chi connectivity index (χ4v) is 5.67. The highest BCUT2D eigenvalue weighted by molar-refractivity contribution is 5.86. The predicted molar refractivity (Wildman–Crippen MR) is 170 cm³/mol. The molecular formula is C34H42N4O6. The van der Waals surface area contributed by atoms with E-state index in [-0.39, 0.29) is 28.8 Å². The van der Waals surface area contributed by atoms with Crippen LogP contribution in [0.3, 0.4) is 0 Å². The van der Waals surface area contributed by atoms with Crippen LogP contribution in [-0.4, -0.2) is 50.7 Å². The van der Waals surface area contributed by atoms with Gasteiger partial charge in [-0.3, -0.25) is 19.4 Å². The van der Waals surface area contributed by atoms with E-state index in [4.69, 9.17) is 14.2 Å². The molecule has 0 radical (unpaired) electrons. The fraction of sp³-hybridized carbons (Fsp3) is 0.412. The van der Waals surface area contributed by atoms with Crippen molar-refractivity contribution < 1.29 is 23.8 Å². The van der Waals surface area contributed by atoms with Gasteiger partial charge in [-0.25, -0.2) is 0 Å². The number of amides is 2. The average molecular weight is 603 g/mol. The topological polar surface area (TPSA) is 128 Å². The Hall–Kier alpha value is -4.60. The van der Waals surface area contributed by atoms with Gasteiger partial charge in [-0.15, -0.1) is 0 Å². The smallest absolute Gasteiger partial charge is 0.242 e. The van der Waals surface area contributed by atoms with Crippen molar-refractivity contribution in [3.05, 3.63) is 75.7 Å². The summed E-state index contributed by atoms with van der Waals surface area (Å²) in [6, 6.07) is 11.6. The summed E-state index contributed by atoms with van der Waals surface area (Å²) in [5, 5.41) is 9.28. The minimum atomic E-state index is -0.643. The van der Waals surface area contributed by atoms with Gasteiger partial charge in [0.1, 0.15) is 6.04 Å². The Bertz CT molecular complexity index is 1550. The highest BCUT2D eigenvalue weighted by Gasteiger charge is 2.30. The van der Waals surface area contributed by atoms with Gasteiger partial charge in [-0.05, 0) is 65.8 Å². The number of pyridine rings is 1. The number of aryl methyl sites for hydroxylation is 1. The Labute approximate surface area is 258 Å². The number of hydrogen-bond donors (Lipinski definition) is 3. The van der Waals surface area contributed by atoms with Crippen LogP contribution in [-0.2, 0) is 22.4 Å². The summed E-state index contributed by atoms with van der Waals surface area (Å²) < 4.78 is 17.1. The molecular weight excluding hydrogens is 560 g/mol. The molecule has 0 aliphatic heterocycles. The molecule has 0 bridgehead atoms. The Morgan fingerprint density at radius 2 is 1.82 bits per heavy atom. The highest BCUT2D eigenvalue weighted by Crippen LogP contribution is 2.50. The molecule has 0 saturated heterocycles. The van der Waals surface area contributed by atoms with Crippen LogP contribution in [0.2, 0.25) is 0 Å². The van der Waals surface area contributed by atoms with Crippen LogP contribution in [0.4, 0.5) is 5.69 Å². The zero-order chi connectivity index (χ0) is 31.8. The van der Waals surface area contributed by atoms with Gasteiger partial charge in [0.2, 0.25) is 23.0 Å². The van der Waals surface area contributed by atoms with Gasteiger partial charge >= 0.3 is 0 Å². The summed E-state index contributed by atoms with van der Waals surface area (Å²) in [6.07, 6.45) is 4.21. The van der Waals surface area contributed by atoms with Crippen LogP contribution >= 0.6 is 0 Å². The summed E-state index contributed by atoms with van der Waals surface area (Å²) in [7, 11) is 4.67. The molecule has 2 aromatic carbocycles. The van der Waals surface area contributed by atoms with E-state index in [1.165, 1.54) is 6.92 Å². The molecule has 0 saturated carbocycles. The monoisotopic (exact) mass is 602 g/mol. The van der Waals surface area contributed by atoms with Gasteiger partial charge in [0.25, 0.3) is 0 Å². The normalized spacial score (nSPS) is 15.0. The number of fused-ring (bicyclic) bond motifs is 3. The predicted octanol–water partition coefficient (Wildman–Crippen LogP) is 4.44. The second-order valence-electron chi connectivity index (χ2n) is 11.0. The number of carbonyl (C=O) groups excluding carboxylic acids is 2. The number of ether oxygens (including phenoxy) is 3. The lowest BCUT2D eigenvalue weighted by Gasteiger charge is -2.24. The second kappa shape index (κ2) is 14.7. The summed E-state index contributed by atoms with van der Waals surface area (Å²) in [5.41, 5.74) is 3.95. The first-order valence-electron chi connectivity index (χ1n) is 14.9. The van der Waals surface area contributed by atoms with Crippen molar-refractivity contribution in [2.45, 2.75) is 58.5 Å². The first-order valence-corrected chi connectivity index (χ1v) is 14.9. The van der Waals surface area contributed by atoms with Gasteiger partial charge in [0.05, 0.1) is 33.1 Å². The van der Waals surface area contributed by atoms with Crippen molar-refractivity contribution in [1.82, 2.24) is 15.6 Å². The Balaban J connectivity index is 1.77. The molecule has 10 nitrogen and oxygen atoms in total. The van der Waals surface area contributed by atoms with Crippen molar-refractivity contribution in [1.29, 1.82) is 0 Å². The maximum absolute atomic E-state index is 13.8. The first-order chi connectivity index (χ1) is 21.2. The van der Waals surface area contributed by atoms with Crippen LogP contribution in [0.25, 0.3) is 11.1 Å². The van der Waals surface area contributed by atoms with E-state index in [1.54, 1.807) is 39.7 Å². The SMILES string of the molecule is CCC(C)C(Nc1ccc2c(cc1=O)C(NC(C)=O)CCc1cc(OC)c(OC)c(OC)c1-2)C(=O)NCCc1ccccn1. The van der Waals surface area contributed by atoms with Gasteiger partial charge < -0.3 is 30.2 Å². The zero-order valence-electron chi connectivity index (χ0n) is 26.3. The molecule has 10 heteroatoms. The number of hydrogen-bond acceptors (Lipinski definition) is 8. The van der Waals surface area contributed by atoms with Crippen LogP contribution in [0.15, 0.2) is 53.5 Å². The molecule has 234 valence electrons. The number of anilines is 1. The first kappa shape index (κ1) is 32.3. The number of carbonyl (C=O) groups is 2. The quantitative estimate of drug-likeness (QED) is 0.278. The van der Waals surface area contributed by atoms with Crippen molar-refractivity contribution in [3.63, 3.8) is 0 Å². The van der Waals surface area contributed by atoms with Crippen molar-refractivity contribution >= 4 is 17.5 Å². The largest absolute Gasteiger partial charge is 0.493 e. The van der Waals surface area contributed by atoms with Crippen LogP contribution < -0.4 is 35.6 Å². The van der Waals surface area contributed by atoms with E-state index in [0.29, 0.717) is 48.6 Å². The molecule has 44 heavy (non-hydrogen) atoms. The molecule has 0 fully saturated rings. The third-order valence-electron chi connectivity index (χ3n) is 8.13. The Kier molecular flexibility index (Phi) is 10.8. The molecule has 3 N–H and O–H groups in total. The third kappa shape index (κ3) is 7.12. The molecule has 3 aromatic rings. The number of rotatable bonds is 12. The molecule has 1 aromatic heterocycles. The number of benzene rings is 1. The van der Waals surface area contributed by atoms with Gasteiger partial charge in [-0.1, -0.05) is 32.4 Å². The van der Waals surface area contributed by atoms with E-state index < -0.39 is 12.1 Å². The molecule has 1 heterocycles. The van der Waals surface area contributed by atoms with Crippen LogP contribution in [0.5, 0.6) is 17.2 Å². The molecule has 3 atom stereocenters. The number of nitrogens with zero attached hydrogens (tertiary/aromatic N) is 1. The maximum atomic E-state index is 13.8. The van der Waals surface area contributed by atoms with Crippen molar-refractivity contribution in [2.75, 3.05) is 33.2 Å². The van der Waals surface area contributed by atoms with Crippen LogP contribution in [0.1, 0.15) is 56.5 Å². The minimum Gasteiger partial charge on any atom is -0.493 e. The fourth-order valence-electron chi connectivity index (χ4n) is 5.67. The minimum absolute atomic E-state index is 0.0581. The lowest BCUT2D eigenvalue weighted by Crippen LogP contribution is -2.45. The van der Waals surface area contributed by atoms with E-state index >= 15 is 0 Å². The van der Waals surface area contributed by atoms with Crippen LogP contribution in [0, 0.1) is 5.92 Å². The Morgan fingerprint density at radius 3 is 2.45 bits per heavy atom. The maximum Gasteiger partial charge on any atom is 0.242 e. The third-order valence-corrected chi connectivity index (χ3v) is 8.13. The van der Waals surface area contributed by atoms with E-state index in [9.17, 15) is 14.4 Å². The Morgan fingerprint density at radius 1 is 1.05 bits per heavy atom. The zero-order valence-corrected chi connectivity index (χ0v) is 26.3. The lowest BCUT2D eigenvalue weighted by molar-refractivity contribution is -0.123. The molecule has 1 aliphatic rings. The summed E-state index contributed by atoms with van der Waals surface area (Å²) in [4.78, 5) is 43.8. The van der Waals surface area contributed by atoms with E-state index in [0.717, 1.165) is 28.8 Å². The average Bonchev–Trinajstić information content (AvgIpc) is 3.26. The van der Waals surface area contributed by atoms with E-state index in [2.05, 4.69) is 20.9 Å². The number of nitrogens with one attached hydrogen (secondary N) is 3. The van der Waals surface area contributed by atoms with Gasteiger partial charge in [0, 0.05) is 37.3 Å². The van der Waals surface area contributed by atoms with Crippen molar-refractivity contribution in [3.8, 4) is 28.4 Å². The summed E-state index contributed by atoms with van der Waals surface area (Å²) in [5.74, 6) is 0.986. The summed E-state index contributed by atoms with van der Waals surface area (Å²) in [6.45, 7) is 5.87. The summed E-state index contributed by atoms with van der Waals surface area (Å²) >= 11 is 0. The number of aromatic nitrogens is 1.